The minimum atomic E-state index is -1.32. The summed E-state index contributed by atoms with van der Waals surface area (Å²) in [5.41, 5.74) is 10.9. The normalized spacial score (nSPS) is 19.6. The van der Waals surface area contributed by atoms with Gasteiger partial charge in [-0.2, -0.15) is 0 Å². The summed E-state index contributed by atoms with van der Waals surface area (Å²) in [5, 5.41) is 12.9. The van der Waals surface area contributed by atoms with Gasteiger partial charge in [0, 0.05) is 43.0 Å². The fourth-order valence-corrected chi connectivity index (χ4v) is 5.73. The van der Waals surface area contributed by atoms with E-state index in [1.54, 1.807) is 7.11 Å². The highest BCUT2D eigenvalue weighted by Crippen LogP contribution is 2.45. The molecule has 43 heavy (non-hydrogen) atoms. The van der Waals surface area contributed by atoms with Crippen molar-refractivity contribution in [1.29, 1.82) is 0 Å². The molecule has 0 aliphatic carbocycles. The molecule has 1 fully saturated rings. The molecular formula is C33H37N5O5. The maximum Gasteiger partial charge on any atom is 0.255 e. The van der Waals surface area contributed by atoms with E-state index in [4.69, 9.17) is 29.8 Å². The largest absolute Gasteiger partial charge is 0.497 e. The Labute approximate surface area is 251 Å². The summed E-state index contributed by atoms with van der Waals surface area (Å²) >= 11 is 0. The lowest BCUT2D eigenvalue weighted by Crippen LogP contribution is -2.53. The molecule has 1 amide bonds. The van der Waals surface area contributed by atoms with Gasteiger partial charge in [0.25, 0.3) is 5.91 Å². The Morgan fingerprint density at radius 3 is 2.56 bits per heavy atom. The van der Waals surface area contributed by atoms with Gasteiger partial charge < -0.3 is 24.2 Å². The fraction of sp³-hybridized carbons (Fsp3) is 0.394. The summed E-state index contributed by atoms with van der Waals surface area (Å²) in [5.74, 6) is 1.61. The molecule has 1 saturated heterocycles. The van der Waals surface area contributed by atoms with E-state index in [1.165, 1.54) is 0 Å². The lowest BCUT2D eigenvalue weighted by atomic mass is 9.80. The van der Waals surface area contributed by atoms with Crippen LogP contribution in [0.5, 0.6) is 11.5 Å². The smallest absolute Gasteiger partial charge is 0.255 e. The molecule has 10 heteroatoms. The number of azide groups is 1. The average Bonchev–Trinajstić information content (AvgIpc) is 3.45. The number of hydrogen-bond donors (Lipinski definition) is 1. The lowest BCUT2D eigenvalue weighted by molar-refractivity contribution is -0.140. The minimum Gasteiger partial charge on any atom is -0.497 e. The Hall–Kier alpha value is -4.53. The van der Waals surface area contributed by atoms with Crippen molar-refractivity contribution in [3.8, 4) is 11.5 Å². The molecule has 1 N–H and O–H groups in total. The van der Waals surface area contributed by atoms with Crippen LogP contribution in [0.1, 0.15) is 54.0 Å². The monoisotopic (exact) mass is 583 g/mol. The van der Waals surface area contributed by atoms with Crippen LogP contribution < -0.4 is 9.47 Å². The van der Waals surface area contributed by atoms with E-state index in [9.17, 15) is 4.79 Å². The third kappa shape index (κ3) is 6.77. The van der Waals surface area contributed by atoms with Crippen LogP contribution in [-0.2, 0) is 22.5 Å². The first-order valence-electron chi connectivity index (χ1n) is 14.7. The molecular weight excluding hydrogens is 546 g/mol. The first-order chi connectivity index (χ1) is 21.1. The molecule has 224 valence electrons. The summed E-state index contributed by atoms with van der Waals surface area (Å²) < 4.78 is 17.9. The van der Waals surface area contributed by atoms with Gasteiger partial charge in [0.2, 0.25) is 5.90 Å². The zero-order valence-electron chi connectivity index (χ0n) is 24.4. The molecule has 2 heterocycles. The van der Waals surface area contributed by atoms with Crippen molar-refractivity contribution in [3.63, 3.8) is 0 Å². The SMILES string of the molecule is COc1cccc([C@H]2OC(c3ccc(OCCCO)cc3)=N[C@@]2(Cc2ccccc2CN=[N+]=[N-])C(=O)N2CCCCC2)c1. The molecule has 0 saturated carbocycles. The first-order valence-corrected chi connectivity index (χ1v) is 14.7. The highest BCUT2D eigenvalue weighted by Gasteiger charge is 2.55. The lowest BCUT2D eigenvalue weighted by Gasteiger charge is -2.37. The number of amides is 1. The quantitative estimate of drug-likeness (QED) is 0.125. The highest BCUT2D eigenvalue weighted by atomic mass is 16.5. The van der Waals surface area contributed by atoms with E-state index < -0.39 is 11.6 Å². The van der Waals surface area contributed by atoms with Gasteiger partial charge in [-0.1, -0.05) is 41.5 Å². The number of aliphatic hydroxyl groups is 1. The second kappa shape index (κ2) is 14.1. The van der Waals surface area contributed by atoms with Crippen LogP contribution in [0.4, 0.5) is 0 Å². The van der Waals surface area contributed by atoms with Crippen molar-refractivity contribution in [2.45, 2.75) is 50.3 Å². The second-order valence-electron chi connectivity index (χ2n) is 10.8. The van der Waals surface area contributed by atoms with Crippen LogP contribution in [0.3, 0.4) is 0 Å². The van der Waals surface area contributed by atoms with Crippen molar-refractivity contribution in [1.82, 2.24) is 4.90 Å². The molecule has 10 nitrogen and oxygen atoms in total. The fourth-order valence-electron chi connectivity index (χ4n) is 5.73. The highest BCUT2D eigenvalue weighted by molar-refractivity contribution is 6.01. The number of rotatable bonds is 12. The van der Waals surface area contributed by atoms with E-state index in [0.29, 0.717) is 43.5 Å². The third-order valence-corrected chi connectivity index (χ3v) is 7.93. The number of benzene rings is 3. The predicted molar refractivity (Wildman–Crippen MR) is 163 cm³/mol. The zero-order chi connectivity index (χ0) is 30.1. The maximum atomic E-state index is 14.8. The summed E-state index contributed by atoms with van der Waals surface area (Å²) in [6, 6.07) is 22.7. The predicted octanol–water partition coefficient (Wildman–Crippen LogP) is 5.78. The molecule has 5 rings (SSSR count). The molecule has 0 bridgehead atoms. The number of methoxy groups -OCH3 is 1. The zero-order valence-corrected chi connectivity index (χ0v) is 24.4. The van der Waals surface area contributed by atoms with Gasteiger partial charge in [-0.15, -0.1) is 0 Å². The number of piperidine rings is 1. The molecule has 3 aromatic carbocycles. The molecule has 0 aromatic heterocycles. The maximum absolute atomic E-state index is 14.8. The van der Waals surface area contributed by atoms with Gasteiger partial charge >= 0.3 is 0 Å². The summed E-state index contributed by atoms with van der Waals surface area (Å²) in [6.07, 6.45) is 3.03. The Morgan fingerprint density at radius 1 is 1.07 bits per heavy atom. The standard InChI is InChI=1S/C33H37N5O5/c1-41-29-12-7-11-25(21-29)30-33(32(40)38-17-5-2-6-18-38,22-26-9-3-4-10-27(26)23-35-37-34)36-31(43-30)24-13-15-28(16-14-24)42-20-8-19-39/h3-4,7,9-16,21,30,39H,2,5-6,8,17-20,22-23H2,1H3/t30-,33-/m1/s1. The number of carbonyl (C=O) groups excluding carboxylic acids is 1. The van der Waals surface area contributed by atoms with Gasteiger partial charge in [-0.3, -0.25) is 4.79 Å². The molecule has 2 aliphatic heterocycles. The number of hydrogen-bond acceptors (Lipinski definition) is 7. The van der Waals surface area contributed by atoms with E-state index in [2.05, 4.69) is 10.0 Å². The first kappa shape index (κ1) is 29.9. The van der Waals surface area contributed by atoms with Gasteiger partial charge in [0.15, 0.2) is 11.6 Å². The van der Waals surface area contributed by atoms with Crippen molar-refractivity contribution < 1.29 is 24.1 Å². The van der Waals surface area contributed by atoms with Gasteiger partial charge in [0.05, 0.1) is 20.3 Å². The van der Waals surface area contributed by atoms with Crippen molar-refractivity contribution in [2.24, 2.45) is 10.1 Å². The topological polar surface area (TPSA) is 129 Å². The van der Waals surface area contributed by atoms with Gasteiger partial charge in [-0.05, 0) is 77.9 Å². The number of carbonyl (C=O) groups is 1. The Balaban J connectivity index is 1.63. The van der Waals surface area contributed by atoms with E-state index >= 15 is 0 Å². The Bertz CT molecular complexity index is 1480. The molecule has 0 radical (unpaired) electrons. The molecule has 0 spiro atoms. The molecule has 2 atom stereocenters. The van der Waals surface area contributed by atoms with Crippen LogP contribution >= 0.6 is 0 Å². The van der Waals surface area contributed by atoms with E-state index in [1.807, 2.05) is 77.7 Å². The number of likely N-dealkylation sites (tertiary alicyclic amines) is 1. The number of aliphatic hydroxyl groups excluding tert-OH is 1. The number of ether oxygens (including phenoxy) is 3. The van der Waals surface area contributed by atoms with E-state index in [-0.39, 0.29) is 25.5 Å². The minimum absolute atomic E-state index is 0.0630. The Morgan fingerprint density at radius 2 is 1.84 bits per heavy atom. The second-order valence-corrected chi connectivity index (χ2v) is 10.8. The van der Waals surface area contributed by atoms with Crippen LogP contribution in [0.15, 0.2) is 82.9 Å². The average molecular weight is 584 g/mol. The number of aliphatic imine (C=N–C) groups is 1. The summed E-state index contributed by atoms with van der Waals surface area (Å²) in [7, 11) is 1.61. The van der Waals surface area contributed by atoms with Crippen LogP contribution in [0.25, 0.3) is 10.4 Å². The van der Waals surface area contributed by atoms with Crippen molar-refractivity contribution in [3.05, 3.63) is 105 Å². The molecule has 2 aliphatic rings. The summed E-state index contributed by atoms with van der Waals surface area (Å²) in [6.45, 7) is 1.97. The number of nitrogens with zero attached hydrogens (tertiary/aromatic N) is 5. The van der Waals surface area contributed by atoms with Crippen LogP contribution in [-0.4, -0.2) is 60.8 Å². The van der Waals surface area contributed by atoms with Crippen molar-refractivity contribution in [2.75, 3.05) is 33.4 Å². The third-order valence-electron chi connectivity index (χ3n) is 7.93. The Kier molecular flexibility index (Phi) is 9.81. The van der Waals surface area contributed by atoms with Crippen LogP contribution in [0, 0.1) is 0 Å². The van der Waals surface area contributed by atoms with Crippen LogP contribution in [0.2, 0.25) is 0 Å². The van der Waals surface area contributed by atoms with E-state index in [0.717, 1.165) is 41.5 Å². The summed E-state index contributed by atoms with van der Waals surface area (Å²) in [4.78, 5) is 24.8. The van der Waals surface area contributed by atoms with Gasteiger partial charge in [0.1, 0.15) is 11.5 Å². The van der Waals surface area contributed by atoms with Crippen molar-refractivity contribution >= 4 is 11.8 Å². The molecule has 0 unspecified atom stereocenters. The van der Waals surface area contributed by atoms with Gasteiger partial charge in [-0.25, -0.2) is 4.99 Å². The molecule has 3 aromatic rings.